The van der Waals surface area contributed by atoms with Gasteiger partial charge in [0.25, 0.3) is 5.91 Å². The van der Waals surface area contributed by atoms with Crippen molar-refractivity contribution >= 4 is 17.5 Å². The lowest BCUT2D eigenvalue weighted by Crippen LogP contribution is -2.40. The van der Waals surface area contributed by atoms with Crippen LogP contribution < -0.4 is 16.4 Å². The molecule has 0 bridgehead atoms. The van der Waals surface area contributed by atoms with Gasteiger partial charge in [-0.3, -0.25) is 9.59 Å². The summed E-state index contributed by atoms with van der Waals surface area (Å²) in [7, 11) is 0. The molecule has 0 saturated heterocycles. The van der Waals surface area contributed by atoms with Crippen LogP contribution >= 0.6 is 0 Å². The number of carbonyl (C=O) groups is 2. The molecule has 0 heterocycles. The predicted molar refractivity (Wildman–Crippen MR) is 80.3 cm³/mol. The summed E-state index contributed by atoms with van der Waals surface area (Å²) in [5.74, 6) is -0.467. The third-order valence-corrected chi connectivity index (χ3v) is 3.30. The molecule has 110 valence electrons. The summed E-state index contributed by atoms with van der Waals surface area (Å²) in [4.78, 5) is 23.4. The quantitative estimate of drug-likeness (QED) is 0.690. The average Bonchev–Trinajstić information content (AvgIpc) is 2.43. The van der Waals surface area contributed by atoms with E-state index in [1.54, 1.807) is 24.3 Å². The fraction of sp³-hybridized carbons (Fsp3) is 0.467. The molecule has 0 aliphatic heterocycles. The maximum absolute atomic E-state index is 11.8. The standard InChI is InChI=1S/C15H23N3O2/c1-4-15(2,3)10-18-13(19)9-17-14(20)11-5-7-12(16)8-6-11/h5-8H,4,9-10,16H2,1-3H3,(H,17,20)(H,18,19). The zero-order chi connectivity index (χ0) is 15.2. The maximum atomic E-state index is 11.8. The molecule has 20 heavy (non-hydrogen) atoms. The van der Waals surface area contributed by atoms with Gasteiger partial charge in [-0.2, -0.15) is 0 Å². The molecule has 1 rings (SSSR count). The van der Waals surface area contributed by atoms with Crippen molar-refractivity contribution in [2.45, 2.75) is 27.2 Å². The molecule has 0 radical (unpaired) electrons. The van der Waals surface area contributed by atoms with Crippen LogP contribution in [0.5, 0.6) is 0 Å². The van der Waals surface area contributed by atoms with Crippen molar-refractivity contribution in [3.8, 4) is 0 Å². The number of hydrogen-bond acceptors (Lipinski definition) is 3. The molecule has 0 aromatic heterocycles. The van der Waals surface area contributed by atoms with Gasteiger partial charge in [0.15, 0.2) is 0 Å². The van der Waals surface area contributed by atoms with Crippen LogP contribution in [0, 0.1) is 5.41 Å². The number of hydrogen-bond donors (Lipinski definition) is 3. The molecular formula is C15H23N3O2. The van der Waals surface area contributed by atoms with E-state index in [0.717, 1.165) is 6.42 Å². The van der Waals surface area contributed by atoms with Crippen LogP contribution in [-0.4, -0.2) is 24.9 Å². The van der Waals surface area contributed by atoms with Gasteiger partial charge in [-0.15, -0.1) is 0 Å². The van der Waals surface area contributed by atoms with Gasteiger partial charge < -0.3 is 16.4 Å². The van der Waals surface area contributed by atoms with E-state index < -0.39 is 0 Å². The van der Waals surface area contributed by atoms with Crippen LogP contribution in [0.3, 0.4) is 0 Å². The average molecular weight is 277 g/mol. The first-order chi connectivity index (χ1) is 9.34. The summed E-state index contributed by atoms with van der Waals surface area (Å²) in [6, 6.07) is 6.56. The summed E-state index contributed by atoms with van der Waals surface area (Å²) < 4.78 is 0. The third-order valence-electron chi connectivity index (χ3n) is 3.30. The van der Waals surface area contributed by atoms with Gasteiger partial charge in [0.1, 0.15) is 0 Å². The lowest BCUT2D eigenvalue weighted by Gasteiger charge is -2.22. The Labute approximate surface area is 119 Å². The second kappa shape index (κ2) is 6.93. The lowest BCUT2D eigenvalue weighted by molar-refractivity contribution is -0.120. The molecule has 0 aliphatic rings. The fourth-order valence-electron chi connectivity index (χ4n) is 1.42. The number of nitrogens with two attached hydrogens (primary N) is 1. The Bertz CT molecular complexity index is 467. The molecule has 4 N–H and O–H groups in total. The SMILES string of the molecule is CCC(C)(C)CNC(=O)CNC(=O)c1ccc(N)cc1. The second-order valence-electron chi connectivity index (χ2n) is 5.60. The molecule has 0 fully saturated rings. The third kappa shape index (κ3) is 5.30. The monoisotopic (exact) mass is 277 g/mol. The highest BCUT2D eigenvalue weighted by atomic mass is 16.2. The Kier molecular flexibility index (Phi) is 5.55. The van der Waals surface area contributed by atoms with E-state index in [0.29, 0.717) is 17.8 Å². The first-order valence-corrected chi connectivity index (χ1v) is 6.74. The van der Waals surface area contributed by atoms with E-state index in [1.165, 1.54) is 0 Å². The Hall–Kier alpha value is -2.04. The van der Waals surface area contributed by atoms with Crippen molar-refractivity contribution in [3.05, 3.63) is 29.8 Å². The normalized spacial score (nSPS) is 10.9. The van der Waals surface area contributed by atoms with Gasteiger partial charge in [-0.25, -0.2) is 0 Å². The minimum atomic E-state index is -0.282. The summed E-state index contributed by atoms with van der Waals surface area (Å²) in [5.41, 5.74) is 6.70. The lowest BCUT2D eigenvalue weighted by atomic mass is 9.90. The Balaban J connectivity index is 2.37. The number of benzene rings is 1. The number of carbonyl (C=O) groups excluding carboxylic acids is 2. The molecule has 0 aliphatic carbocycles. The number of nitrogens with one attached hydrogen (secondary N) is 2. The molecule has 0 saturated carbocycles. The second-order valence-corrected chi connectivity index (χ2v) is 5.60. The van der Waals surface area contributed by atoms with Crippen molar-refractivity contribution in [2.75, 3.05) is 18.8 Å². The molecule has 0 unspecified atom stereocenters. The smallest absolute Gasteiger partial charge is 0.251 e. The highest BCUT2D eigenvalue weighted by Gasteiger charge is 2.16. The van der Waals surface area contributed by atoms with Gasteiger partial charge in [-0.1, -0.05) is 20.8 Å². The zero-order valence-corrected chi connectivity index (χ0v) is 12.3. The van der Waals surface area contributed by atoms with Crippen molar-refractivity contribution in [1.29, 1.82) is 0 Å². The number of nitrogen functional groups attached to an aromatic ring is 1. The van der Waals surface area contributed by atoms with Crippen LogP contribution in [0.25, 0.3) is 0 Å². The van der Waals surface area contributed by atoms with E-state index >= 15 is 0 Å². The van der Waals surface area contributed by atoms with Crippen molar-refractivity contribution in [3.63, 3.8) is 0 Å². The van der Waals surface area contributed by atoms with Gasteiger partial charge in [0.2, 0.25) is 5.91 Å². The van der Waals surface area contributed by atoms with Crippen molar-refractivity contribution in [2.24, 2.45) is 5.41 Å². The first kappa shape index (κ1) is 16.0. The van der Waals surface area contributed by atoms with Crippen molar-refractivity contribution < 1.29 is 9.59 Å². The topological polar surface area (TPSA) is 84.2 Å². The van der Waals surface area contributed by atoms with Crippen LogP contribution in [-0.2, 0) is 4.79 Å². The molecule has 5 heteroatoms. The van der Waals surface area contributed by atoms with Gasteiger partial charge in [0, 0.05) is 17.8 Å². The van der Waals surface area contributed by atoms with E-state index in [2.05, 4.69) is 31.4 Å². The number of anilines is 1. The largest absolute Gasteiger partial charge is 0.399 e. The zero-order valence-electron chi connectivity index (χ0n) is 12.3. The summed E-state index contributed by atoms with van der Waals surface area (Å²) >= 11 is 0. The Morgan fingerprint density at radius 1 is 1.15 bits per heavy atom. The molecule has 5 nitrogen and oxygen atoms in total. The van der Waals surface area contributed by atoms with Crippen molar-refractivity contribution in [1.82, 2.24) is 10.6 Å². The Morgan fingerprint density at radius 2 is 1.75 bits per heavy atom. The van der Waals surface area contributed by atoms with Gasteiger partial charge in [0.05, 0.1) is 6.54 Å². The van der Waals surface area contributed by atoms with Crippen LogP contribution in [0.2, 0.25) is 0 Å². The molecule has 1 aromatic carbocycles. The van der Waals surface area contributed by atoms with Gasteiger partial charge >= 0.3 is 0 Å². The van der Waals surface area contributed by atoms with Gasteiger partial charge in [-0.05, 0) is 36.1 Å². The van der Waals surface area contributed by atoms with Crippen LogP contribution in [0.15, 0.2) is 24.3 Å². The molecule has 2 amide bonds. The summed E-state index contributed by atoms with van der Waals surface area (Å²) in [6.45, 7) is 6.82. The highest BCUT2D eigenvalue weighted by Crippen LogP contribution is 2.17. The van der Waals surface area contributed by atoms with E-state index in [-0.39, 0.29) is 23.8 Å². The molecule has 0 spiro atoms. The van der Waals surface area contributed by atoms with E-state index in [4.69, 9.17) is 5.73 Å². The number of amides is 2. The molecular weight excluding hydrogens is 254 g/mol. The van der Waals surface area contributed by atoms with Crippen LogP contribution in [0.4, 0.5) is 5.69 Å². The van der Waals surface area contributed by atoms with Crippen LogP contribution in [0.1, 0.15) is 37.6 Å². The number of rotatable bonds is 6. The fourth-order valence-corrected chi connectivity index (χ4v) is 1.42. The molecule has 1 aromatic rings. The minimum Gasteiger partial charge on any atom is -0.399 e. The summed E-state index contributed by atoms with van der Waals surface area (Å²) in [6.07, 6.45) is 0.977. The van der Waals surface area contributed by atoms with E-state index in [9.17, 15) is 9.59 Å². The maximum Gasteiger partial charge on any atom is 0.251 e. The van der Waals surface area contributed by atoms with E-state index in [1.807, 2.05) is 0 Å². The highest BCUT2D eigenvalue weighted by molar-refractivity contribution is 5.96. The first-order valence-electron chi connectivity index (χ1n) is 6.74. The minimum absolute atomic E-state index is 0.0248. The Morgan fingerprint density at radius 3 is 2.30 bits per heavy atom. The molecule has 0 atom stereocenters. The predicted octanol–water partition coefficient (Wildman–Crippen LogP) is 1.55. The summed E-state index contributed by atoms with van der Waals surface area (Å²) in [5, 5.41) is 5.40.